The van der Waals surface area contributed by atoms with E-state index < -0.39 is 0 Å². The molecule has 3 heteroatoms. The van der Waals surface area contributed by atoms with E-state index in [0.29, 0.717) is 0 Å². The lowest BCUT2D eigenvalue weighted by Crippen LogP contribution is -2.11. The Morgan fingerprint density at radius 1 is 1.22 bits per heavy atom. The molecule has 1 aromatic rings. The molecule has 1 aliphatic heterocycles. The smallest absolute Gasteiger partial charge is 0.118 e. The van der Waals surface area contributed by atoms with Crippen LogP contribution >= 0.6 is 0 Å². The van der Waals surface area contributed by atoms with Crippen molar-refractivity contribution in [2.24, 2.45) is 5.92 Å². The van der Waals surface area contributed by atoms with Gasteiger partial charge < -0.3 is 14.8 Å². The average molecular weight is 249 g/mol. The van der Waals surface area contributed by atoms with Gasteiger partial charge in [-0.15, -0.1) is 0 Å². The van der Waals surface area contributed by atoms with Gasteiger partial charge in [0.05, 0.1) is 13.7 Å². The SMILES string of the molecule is COc1ccc(CCOCCC2CCNC2)cc1. The summed E-state index contributed by atoms with van der Waals surface area (Å²) in [6.45, 7) is 4.05. The number of nitrogens with one attached hydrogen (secondary N) is 1. The molecule has 1 aliphatic rings. The molecule has 0 amide bonds. The highest BCUT2D eigenvalue weighted by atomic mass is 16.5. The van der Waals surface area contributed by atoms with E-state index in [-0.39, 0.29) is 0 Å². The van der Waals surface area contributed by atoms with E-state index in [9.17, 15) is 0 Å². The summed E-state index contributed by atoms with van der Waals surface area (Å²) in [6.07, 6.45) is 3.48. The maximum Gasteiger partial charge on any atom is 0.118 e. The molecular weight excluding hydrogens is 226 g/mol. The molecule has 0 spiro atoms. The Morgan fingerprint density at radius 3 is 2.72 bits per heavy atom. The summed E-state index contributed by atoms with van der Waals surface area (Å²) in [6, 6.07) is 8.20. The van der Waals surface area contributed by atoms with Gasteiger partial charge in [0, 0.05) is 6.61 Å². The molecule has 0 bridgehead atoms. The van der Waals surface area contributed by atoms with Crippen LogP contribution in [0.1, 0.15) is 18.4 Å². The van der Waals surface area contributed by atoms with Crippen molar-refractivity contribution in [1.29, 1.82) is 0 Å². The molecule has 0 saturated carbocycles. The van der Waals surface area contributed by atoms with Gasteiger partial charge in [-0.3, -0.25) is 0 Å². The number of hydrogen-bond donors (Lipinski definition) is 1. The molecule has 18 heavy (non-hydrogen) atoms. The lowest BCUT2D eigenvalue weighted by molar-refractivity contribution is 0.124. The first kappa shape index (κ1) is 13.4. The fourth-order valence-electron chi connectivity index (χ4n) is 2.30. The number of hydrogen-bond acceptors (Lipinski definition) is 3. The highest BCUT2D eigenvalue weighted by Crippen LogP contribution is 2.13. The fourth-order valence-corrected chi connectivity index (χ4v) is 2.30. The highest BCUT2D eigenvalue weighted by molar-refractivity contribution is 5.27. The zero-order valence-electron chi connectivity index (χ0n) is 11.2. The molecule has 1 atom stereocenters. The van der Waals surface area contributed by atoms with Gasteiger partial charge >= 0.3 is 0 Å². The molecule has 100 valence electrons. The molecule has 0 aromatic heterocycles. The highest BCUT2D eigenvalue weighted by Gasteiger charge is 2.13. The van der Waals surface area contributed by atoms with Crippen LogP contribution in [0.5, 0.6) is 5.75 Å². The summed E-state index contributed by atoms with van der Waals surface area (Å²) >= 11 is 0. The molecule has 1 N–H and O–H groups in total. The second kappa shape index (κ2) is 7.39. The maximum absolute atomic E-state index is 5.70. The summed E-state index contributed by atoms with van der Waals surface area (Å²) in [5.41, 5.74) is 1.30. The summed E-state index contributed by atoms with van der Waals surface area (Å²) < 4.78 is 10.8. The molecule has 2 rings (SSSR count). The zero-order chi connectivity index (χ0) is 12.6. The molecule has 1 fully saturated rings. The van der Waals surface area contributed by atoms with Gasteiger partial charge in [-0.05, 0) is 56.0 Å². The molecule has 3 nitrogen and oxygen atoms in total. The Hall–Kier alpha value is -1.06. The Kier molecular flexibility index (Phi) is 5.49. The van der Waals surface area contributed by atoms with Crippen LogP contribution in [0, 0.1) is 5.92 Å². The minimum absolute atomic E-state index is 0.812. The van der Waals surface area contributed by atoms with Crippen LogP contribution in [0.4, 0.5) is 0 Å². The van der Waals surface area contributed by atoms with E-state index in [2.05, 4.69) is 17.4 Å². The van der Waals surface area contributed by atoms with Crippen molar-refractivity contribution in [3.8, 4) is 5.75 Å². The van der Waals surface area contributed by atoms with Crippen molar-refractivity contribution < 1.29 is 9.47 Å². The van der Waals surface area contributed by atoms with E-state index in [1.807, 2.05) is 12.1 Å². The first-order valence-corrected chi connectivity index (χ1v) is 6.80. The van der Waals surface area contributed by atoms with Crippen molar-refractivity contribution in [2.45, 2.75) is 19.3 Å². The lowest BCUT2D eigenvalue weighted by Gasteiger charge is -2.09. The van der Waals surface area contributed by atoms with Crippen LogP contribution in [0.3, 0.4) is 0 Å². The second-order valence-electron chi connectivity index (χ2n) is 4.86. The second-order valence-corrected chi connectivity index (χ2v) is 4.86. The molecule has 0 radical (unpaired) electrons. The molecule has 1 aromatic carbocycles. The van der Waals surface area contributed by atoms with E-state index in [1.54, 1.807) is 7.11 Å². The van der Waals surface area contributed by atoms with Crippen molar-refractivity contribution in [3.63, 3.8) is 0 Å². The minimum Gasteiger partial charge on any atom is -0.497 e. The number of rotatable bonds is 7. The Morgan fingerprint density at radius 2 is 2.06 bits per heavy atom. The summed E-state index contributed by atoms with van der Waals surface area (Å²) in [4.78, 5) is 0. The number of ether oxygens (including phenoxy) is 2. The van der Waals surface area contributed by atoms with Crippen LogP contribution in [0.15, 0.2) is 24.3 Å². The van der Waals surface area contributed by atoms with Crippen LogP contribution in [0.25, 0.3) is 0 Å². The summed E-state index contributed by atoms with van der Waals surface area (Å²) in [7, 11) is 1.69. The fraction of sp³-hybridized carbons (Fsp3) is 0.600. The molecular formula is C15H23NO2. The third kappa shape index (κ3) is 4.31. The third-order valence-corrected chi connectivity index (χ3v) is 3.53. The monoisotopic (exact) mass is 249 g/mol. The molecule has 1 saturated heterocycles. The van der Waals surface area contributed by atoms with Crippen LogP contribution in [-0.4, -0.2) is 33.4 Å². The van der Waals surface area contributed by atoms with E-state index in [0.717, 1.165) is 31.3 Å². The zero-order valence-corrected chi connectivity index (χ0v) is 11.2. The lowest BCUT2D eigenvalue weighted by atomic mass is 10.1. The maximum atomic E-state index is 5.70. The Balaban J connectivity index is 1.56. The van der Waals surface area contributed by atoms with Gasteiger partial charge in [0.15, 0.2) is 0 Å². The standard InChI is InChI=1S/C15H23NO2/c1-17-15-4-2-13(3-5-15)7-10-18-11-8-14-6-9-16-12-14/h2-5,14,16H,6-12H2,1H3. The van der Waals surface area contributed by atoms with Crippen LogP contribution in [-0.2, 0) is 11.2 Å². The predicted octanol–water partition coefficient (Wildman–Crippen LogP) is 2.25. The third-order valence-electron chi connectivity index (χ3n) is 3.53. The molecule has 1 heterocycles. The van der Waals surface area contributed by atoms with E-state index >= 15 is 0 Å². The molecule has 0 aliphatic carbocycles. The number of benzene rings is 1. The van der Waals surface area contributed by atoms with Crippen molar-refractivity contribution in [3.05, 3.63) is 29.8 Å². The first-order chi connectivity index (χ1) is 8.88. The Labute approximate surface area is 109 Å². The van der Waals surface area contributed by atoms with E-state index in [1.165, 1.54) is 31.5 Å². The van der Waals surface area contributed by atoms with Crippen LogP contribution in [0.2, 0.25) is 0 Å². The van der Waals surface area contributed by atoms with Gasteiger partial charge in [0.2, 0.25) is 0 Å². The summed E-state index contributed by atoms with van der Waals surface area (Å²) in [5, 5.41) is 3.38. The topological polar surface area (TPSA) is 30.5 Å². The van der Waals surface area contributed by atoms with E-state index in [4.69, 9.17) is 9.47 Å². The minimum atomic E-state index is 0.812. The normalized spacial score (nSPS) is 19.1. The molecule has 1 unspecified atom stereocenters. The predicted molar refractivity (Wildman–Crippen MR) is 73.1 cm³/mol. The summed E-state index contributed by atoms with van der Waals surface area (Å²) in [5.74, 6) is 1.74. The van der Waals surface area contributed by atoms with Gasteiger partial charge in [-0.25, -0.2) is 0 Å². The van der Waals surface area contributed by atoms with Gasteiger partial charge in [0.25, 0.3) is 0 Å². The van der Waals surface area contributed by atoms with Gasteiger partial charge in [-0.1, -0.05) is 12.1 Å². The van der Waals surface area contributed by atoms with Crippen molar-refractivity contribution in [1.82, 2.24) is 5.32 Å². The average Bonchev–Trinajstić information content (AvgIpc) is 2.92. The van der Waals surface area contributed by atoms with Crippen molar-refractivity contribution in [2.75, 3.05) is 33.4 Å². The number of methoxy groups -OCH3 is 1. The first-order valence-electron chi connectivity index (χ1n) is 6.80. The van der Waals surface area contributed by atoms with Crippen molar-refractivity contribution >= 4 is 0 Å². The van der Waals surface area contributed by atoms with Gasteiger partial charge in [-0.2, -0.15) is 0 Å². The van der Waals surface area contributed by atoms with Crippen LogP contribution < -0.4 is 10.1 Å². The quantitative estimate of drug-likeness (QED) is 0.752. The largest absolute Gasteiger partial charge is 0.497 e. The Bertz CT molecular complexity index is 331. The van der Waals surface area contributed by atoms with Gasteiger partial charge in [0.1, 0.15) is 5.75 Å².